The normalized spacial score (nSPS) is 13.1. The lowest BCUT2D eigenvalue weighted by atomic mass is 9.99. The maximum atomic E-state index is 11.5. The van der Waals surface area contributed by atoms with Gasteiger partial charge in [0.25, 0.3) is 0 Å². The molecule has 0 amide bonds. The number of hydrogen-bond donors (Lipinski definition) is 1. The summed E-state index contributed by atoms with van der Waals surface area (Å²) in [5, 5.41) is 3.97. The van der Waals surface area contributed by atoms with Crippen LogP contribution in [0.2, 0.25) is 5.02 Å². The van der Waals surface area contributed by atoms with Gasteiger partial charge in [0, 0.05) is 17.3 Å². The molecule has 0 spiro atoms. The quantitative estimate of drug-likeness (QED) is 0.918. The van der Waals surface area contributed by atoms with Crippen molar-refractivity contribution in [3.63, 3.8) is 0 Å². The number of rotatable bonds is 5. The molecular formula is C16H18ClNO2S. The summed E-state index contributed by atoms with van der Waals surface area (Å²) in [6.45, 7) is 0. The molecule has 1 N–H and O–H groups in total. The van der Waals surface area contributed by atoms with Gasteiger partial charge in [-0.1, -0.05) is 35.9 Å². The van der Waals surface area contributed by atoms with Gasteiger partial charge in [-0.15, -0.1) is 0 Å². The van der Waals surface area contributed by atoms with Crippen LogP contribution in [-0.4, -0.2) is 21.7 Å². The minimum atomic E-state index is -3.15. The lowest BCUT2D eigenvalue weighted by Gasteiger charge is -2.17. The molecule has 0 saturated carbocycles. The summed E-state index contributed by atoms with van der Waals surface area (Å²) in [7, 11) is -1.27. The van der Waals surface area contributed by atoms with Crippen LogP contribution >= 0.6 is 11.6 Å². The number of nitrogens with one attached hydrogen (secondary N) is 1. The summed E-state index contributed by atoms with van der Waals surface area (Å²) in [6.07, 6.45) is 2.00. The molecule has 0 radical (unpaired) electrons. The Morgan fingerprint density at radius 2 is 1.81 bits per heavy atom. The van der Waals surface area contributed by atoms with Gasteiger partial charge in [-0.05, 0) is 48.9 Å². The van der Waals surface area contributed by atoms with E-state index in [-0.39, 0.29) is 6.04 Å². The number of sulfone groups is 1. The van der Waals surface area contributed by atoms with Crippen molar-refractivity contribution >= 4 is 21.4 Å². The van der Waals surface area contributed by atoms with Crippen LogP contribution in [-0.2, 0) is 16.3 Å². The van der Waals surface area contributed by atoms with Crippen LogP contribution in [0.3, 0.4) is 0 Å². The highest BCUT2D eigenvalue weighted by molar-refractivity contribution is 7.90. The molecule has 1 atom stereocenters. The number of halogens is 1. The largest absolute Gasteiger partial charge is 0.313 e. The van der Waals surface area contributed by atoms with Crippen LogP contribution in [0.5, 0.6) is 0 Å². The third kappa shape index (κ3) is 4.30. The standard InChI is InChI=1S/C16H18ClNO2S/c1-18-16(11-12-4-3-5-14(17)10-12)13-6-8-15(9-7-13)21(2,19)20/h3-10,16,18H,11H2,1-2H3. The van der Waals surface area contributed by atoms with Crippen molar-refractivity contribution in [3.8, 4) is 0 Å². The van der Waals surface area contributed by atoms with E-state index < -0.39 is 9.84 Å². The summed E-state index contributed by atoms with van der Waals surface area (Å²) >= 11 is 6.00. The highest BCUT2D eigenvalue weighted by atomic mass is 35.5. The zero-order valence-corrected chi connectivity index (χ0v) is 13.6. The lowest BCUT2D eigenvalue weighted by molar-refractivity contribution is 0.590. The first-order chi connectivity index (χ1) is 9.90. The molecule has 3 nitrogen and oxygen atoms in total. The minimum Gasteiger partial charge on any atom is -0.313 e. The molecule has 0 aliphatic heterocycles. The van der Waals surface area contributed by atoms with E-state index in [0.717, 1.165) is 22.6 Å². The third-order valence-electron chi connectivity index (χ3n) is 3.39. The maximum Gasteiger partial charge on any atom is 0.175 e. The second-order valence-corrected chi connectivity index (χ2v) is 7.47. The van der Waals surface area contributed by atoms with Gasteiger partial charge in [0.15, 0.2) is 9.84 Å². The summed E-state index contributed by atoms with van der Waals surface area (Å²) in [5.41, 5.74) is 2.18. The third-order valence-corrected chi connectivity index (χ3v) is 4.75. The van der Waals surface area contributed by atoms with Gasteiger partial charge in [0.2, 0.25) is 0 Å². The fourth-order valence-electron chi connectivity index (χ4n) is 2.23. The second-order valence-electron chi connectivity index (χ2n) is 5.02. The van der Waals surface area contributed by atoms with Crippen molar-refractivity contribution in [1.82, 2.24) is 5.32 Å². The molecule has 1 unspecified atom stereocenters. The van der Waals surface area contributed by atoms with Gasteiger partial charge in [-0.25, -0.2) is 8.42 Å². The summed E-state index contributed by atoms with van der Waals surface area (Å²) in [5.74, 6) is 0. The van der Waals surface area contributed by atoms with E-state index in [2.05, 4.69) is 5.32 Å². The Balaban J connectivity index is 2.21. The van der Waals surface area contributed by atoms with Gasteiger partial charge < -0.3 is 5.32 Å². The molecule has 0 bridgehead atoms. The van der Waals surface area contributed by atoms with Gasteiger partial charge in [-0.2, -0.15) is 0 Å². The van der Waals surface area contributed by atoms with E-state index in [9.17, 15) is 8.42 Å². The molecule has 0 fully saturated rings. The van der Waals surface area contributed by atoms with E-state index >= 15 is 0 Å². The van der Waals surface area contributed by atoms with Crippen molar-refractivity contribution in [3.05, 3.63) is 64.7 Å². The highest BCUT2D eigenvalue weighted by Gasteiger charge is 2.12. The van der Waals surface area contributed by atoms with Crippen LogP contribution in [0.1, 0.15) is 17.2 Å². The van der Waals surface area contributed by atoms with E-state index in [1.807, 2.05) is 43.4 Å². The topological polar surface area (TPSA) is 46.2 Å². The van der Waals surface area contributed by atoms with Gasteiger partial charge in [0.1, 0.15) is 0 Å². The molecule has 0 aliphatic rings. The average molecular weight is 324 g/mol. The molecule has 2 aromatic carbocycles. The summed E-state index contributed by atoms with van der Waals surface area (Å²) < 4.78 is 23.0. The van der Waals surface area contributed by atoms with E-state index in [1.165, 1.54) is 6.26 Å². The zero-order valence-electron chi connectivity index (χ0n) is 12.0. The van der Waals surface area contributed by atoms with Crippen LogP contribution in [0.15, 0.2) is 53.4 Å². The van der Waals surface area contributed by atoms with Crippen molar-refractivity contribution in [2.24, 2.45) is 0 Å². The Kier molecular flexibility index (Phi) is 5.04. The van der Waals surface area contributed by atoms with Crippen LogP contribution in [0.4, 0.5) is 0 Å². The summed E-state index contributed by atoms with van der Waals surface area (Å²) in [4.78, 5) is 0.337. The van der Waals surface area contributed by atoms with Gasteiger partial charge in [-0.3, -0.25) is 0 Å². The smallest absolute Gasteiger partial charge is 0.175 e. The first kappa shape index (κ1) is 16.0. The van der Waals surface area contributed by atoms with E-state index in [1.54, 1.807) is 12.1 Å². The maximum absolute atomic E-state index is 11.5. The Bertz CT molecular complexity index is 711. The molecule has 21 heavy (non-hydrogen) atoms. The van der Waals surface area contributed by atoms with Crippen molar-refractivity contribution in [1.29, 1.82) is 0 Å². The predicted octanol–water partition coefficient (Wildman–Crippen LogP) is 3.25. The molecule has 2 aromatic rings. The summed E-state index contributed by atoms with van der Waals surface area (Å²) in [6, 6.07) is 14.8. The van der Waals surface area contributed by atoms with Crippen LogP contribution < -0.4 is 5.32 Å². The first-order valence-corrected chi connectivity index (χ1v) is 8.89. The molecule has 0 aromatic heterocycles. The Hall–Kier alpha value is -1.36. The van der Waals surface area contributed by atoms with Crippen LogP contribution in [0.25, 0.3) is 0 Å². The molecule has 0 heterocycles. The van der Waals surface area contributed by atoms with Crippen molar-refractivity contribution in [2.45, 2.75) is 17.4 Å². The van der Waals surface area contributed by atoms with Crippen molar-refractivity contribution in [2.75, 3.05) is 13.3 Å². The fraction of sp³-hybridized carbons (Fsp3) is 0.250. The van der Waals surface area contributed by atoms with Gasteiger partial charge >= 0.3 is 0 Å². The molecule has 0 saturated heterocycles. The molecule has 5 heteroatoms. The predicted molar refractivity (Wildman–Crippen MR) is 86.5 cm³/mol. The average Bonchev–Trinajstić information content (AvgIpc) is 2.44. The van der Waals surface area contributed by atoms with E-state index in [0.29, 0.717) is 4.90 Å². The monoisotopic (exact) mass is 323 g/mol. The lowest BCUT2D eigenvalue weighted by Crippen LogP contribution is -2.18. The van der Waals surface area contributed by atoms with Gasteiger partial charge in [0.05, 0.1) is 4.90 Å². The minimum absolute atomic E-state index is 0.108. The van der Waals surface area contributed by atoms with Crippen LogP contribution in [0, 0.1) is 0 Å². The second kappa shape index (κ2) is 6.60. The highest BCUT2D eigenvalue weighted by Crippen LogP contribution is 2.21. The molecule has 0 aliphatic carbocycles. The molecular weight excluding hydrogens is 306 g/mol. The SMILES string of the molecule is CNC(Cc1cccc(Cl)c1)c1ccc(S(C)(=O)=O)cc1. The number of benzene rings is 2. The Morgan fingerprint density at radius 3 is 2.33 bits per heavy atom. The number of hydrogen-bond acceptors (Lipinski definition) is 3. The molecule has 112 valence electrons. The Morgan fingerprint density at radius 1 is 1.14 bits per heavy atom. The zero-order chi connectivity index (χ0) is 15.5. The number of likely N-dealkylation sites (N-methyl/N-ethyl adjacent to an activating group) is 1. The molecule has 2 rings (SSSR count). The fourth-order valence-corrected chi connectivity index (χ4v) is 3.08. The first-order valence-electron chi connectivity index (χ1n) is 6.62. The Labute approximate surface area is 130 Å². The van der Waals surface area contributed by atoms with Crippen molar-refractivity contribution < 1.29 is 8.42 Å². The van der Waals surface area contributed by atoms with E-state index in [4.69, 9.17) is 11.6 Å².